The first-order valence-corrected chi connectivity index (χ1v) is 9.75. The molecule has 24 heavy (non-hydrogen) atoms. The average Bonchev–Trinajstić information content (AvgIpc) is 3.23. The van der Waals surface area contributed by atoms with E-state index in [1.165, 1.54) is 70.5 Å². The van der Waals surface area contributed by atoms with Crippen LogP contribution in [0.3, 0.4) is 0 Å². The SMILES string of the molecule is Cn1ccnc1CN1CCCC2(CCN(CC3CCCO3)CC2)C1. The van der Waals surface area contributed by atoms with Gasteiger partial charge in [-0.05, 0) is 63.6 Å². The van der Waals surface area contributed by atoms with E-state index in [2.05, 4.69) is 32.6 Å². The zero-order valence-corrected chi connectivity index (χ0v) is 15.1. The summed E-state index contributed by atoms with van der Waals surface area (Å²) in [5.74, 6) is 1.20. The first-order chi connectivity index (χ1) is 11.7. The molecule has 0 amide bonds. The van der Waals surface area contributed by atoms with Gasteiger partial charge in [0.2, 0.25) is 0 Å². The molecule has 0 aliphatic carbocycles. The number of likely N-dealkylation sites (tertiary alicyclic amines) is 2. The van der Waals surface area contributed by atoms with E-state index in [0.717, 1.165) is 19.7 Å². The van der Waals surface area contributed by atoms with Gasteiger partial charge in [0.05, 0.1) is 12.6 Å². The highest BCUT2D eigenvalue weighted by Gasteiger charge is 2.38. The maximum atomic E-state index is 5.82. The Morgan fingerprint density at radius 2 is 2.04 bits per heavy atom. The smallest absolute Gasteiger partial charge is 0.122 e. The van der Waals surface area contributed by atoms with Crippen molar-refractivity contribution < 1.29 is 4.74 Å². The molecule has 0 radical (unpaired) electrons. The van der Waals surface area contributed by atoms with Gasteiger partial charge in [0.15, 0.2) is 0 Å². The lowest BCUT2D eigenvalue weighted by Gasteiger charge is -2.48. The fourth-order valence-electron chi connectivity index (χ4n) is 4.89. The number of aryl methyl sites for hydroxylation is 1. The summed E-state index contributed by atoms with van der Waals surface area (Å²) in [6.07, 6.45) is 12.5. The molecule has 0 N–H and O–H groups in total. The molecule has 1 aromatic rings. The van der Waals surface area contributed by atoms with E-state index in [1.807, 2.05) is 6.20 Å². The molecule has 1 spiro atoms. The van der Waals surface area contributed by atoms with Crippen LogP contribution in [0.1, 0.15) is 44.3 Å². The third-order valence-electron chi connectivity index (χ3n) is 6.43. The van der Waals surface area contributed by atoms with Gasteiger partial charge in [-0.3, -0.25) is 4.90 Å². The molecule has 0 saturated carbocycles. The highest BCUT2D eigenvalue weighted by atomic mass is 16.5. The Hall–Kier alpha value is -0.910. The first-order valence-electron chi connectivity index (χ1n) is 9.75. The molecule has 5 nitrogen and oxygen atoms in total. The van der Waals surface area contributed by atoms with Crippen molar-refractivity contribution in [1.29, 1.82) is 0 Å². The van der Waals surface area contributed by atoms with Gasteiger partial charge in [-0.1, -0.05) is 0 Å². The number of nitrogens with zero attached hydrogens (tertiary/aromatic N) is 4. The quantitative estimate of drug-likeness (QED) is 0.847. The molecule has 3 aliphatic rings. The zero-order valence-electron chi connectivity index (χ0n) is 15.1. The van der Waals surface area contributed by atoms with E-state index < -0.39 is 0 Å². The topological polar surface area (TPSA) is 33.5 Å². The fraction of sp³-hybridized carbons (Fsp3) is 0.842. The van der Waals surface area contributed by atoms with Gasteiger partial charge < -0.3 is 14.2 Å². The Kier molecular flexibility index (Phi) is 4.93. The minimum absolute atomic E-state index is 0.505. The summed E-state index contributed by atoms with van der Waals surface area (Å²) >= 11 is 0. The molecule has 4 heterocycles. The average molecular weight is 332 g/mol. The van der Waals surface area contributed by atoms with Crippen molar-refractivity contribution in [1.82, 2.24) is 19.4 Å². The summed E-state index contributed by atoms with van der Waals surface area (Å²) in [6, 6.07) is 0. The highest BCUT2D eigenvalue weighted by molar-refractivity contribution is 4.96. The van der Waals surface area contributed by atoms with Crippen molar-refractivity contribution in [3.05, 3.63) is 18.2 Å². The summed E-state index contributed by atoms with van der Waals surface area (Å²) in [4.78, 5) is 9.80. The van der Waals surface area contributed by atoms with E-state index in [9.17, 15) is 0 Å². The largest absolute Gasteiger partial charge is 0.377 e. The van der Waals surface area contributed by atoms with Gasteiger partial charge in [-0.15, -0.1) is 0 Å². The molecule has 5 heteroatoms. The van der Waals surface area contributed by atoms with Crippen molar-refractivity contribution >= 4 is 0 Å². The molecule has 0 aromatic carbocycles. The second-order valence-electron chi connectivity index (χ2n) is 8.20. The van der Waals surface area contributed by atoms with Gasteiger partial charge in [0.1, 0.15) is 5.82 Å². The predicted octanol–water partition coefficient (Wildman–Crippen LogP) is 2.28. The van der Waals surface area contributed by atoms with Crippen molar-refractivity contribution in [2.45, 2.75) is 51.2 Å². The summed E-state index contributed by atoms with van der Waals surface area (Å²) < 4.78 is 7.98. The third-order valence-corrected chi connectivity index (χ3v) is 6.43. The Bertz CT molecular complexity index is 529. The number of rotatable bonds is 4. The van der Waals surface area contributed by atoms with Crippen LogP contribution in [0.25, 0.3) is 0 Å². The van der Waals surface area contributed by atoms with Crippen LogP contribution in [0, 0.1) is 5.41 Å². The lowest BCUT2D eigenvalue weighted by Crippen LogP contribution is -2.50. The van der Waals surface area contributed by atoms with Crippen LogP contribution >= 0.6 is 0 Å². The van der Waals surface area contributed by atoms with Crippen molar-refractivity contribution in [2.24, 2.45) is 12.5 Å². The molecule has 1 aromatic heterocycles. The number of hydrogen-bond donors (Lipinski definition) is 0. The lowest BCUT2D eigenvalue weighted by atomic mass is 9.72. The molecule has 1 unspecified atom stereocenters. The minimum atomic E-state index is 0.505. The molecule has 0 bridgehead atoms. The molecule has 3 aliphatic heterocycles. The Morgan fingerprint density at radius 1 is 1.17 bits per heavy atom. The number of ether oxygens (including phenoxy) is 1. The summed E-state index contributed by atoms with van der Waals surface area (Å²) in [6.45, 7) is 8.15. The normalized spacial score (nSPS) is 28.6. The lowest BCUT2D eigenvalue weighted by molar-refractivity contribution is 0.00150. The van der Waals surface area contributed by atoms with Crippen LogP contribution in [0.2, 0.25) is 0 Å². The van der Waals surface area contributed by atoms with Crippen LogP contribution in [-0.4, -0.2) is 64.8 Å². The number of imidazole rings is 1. The second kappa shape index (κ2) is 7.14. The van der Waals surface area contributed by atoms with E-state index >= 15 is 0 Å². The number of piperidine rings is 2. The van der Waals surface area contributed by atoms with Crippen LogP contribution in [0.5, 0.6) is 0 Å². The fourth-order valence-corrected chi connectivity index (χ4v) is 4.89. The van der Waals surface area contributed by atoms with E-state index in [4.69, 9.17) is 4.74 Å². The van der Waals surface area contributed by atoms with Gasteiger partial charge in [-0.25, -0.2) is 4.98 Å². The predicted molar refractivity (Wildman–Crippen MR) is 94.8 cm³/mol. The summed E-state index contributed by atoms with van der Waals surface area (Å²) in [7, 11) is 2.10. The molecular formula is C19H32N4O. The Balaban J connectivity index is 1.30. The first kappa shape index (κ1) is 16.6. The van der Waals surface area contributed by atoms with Gasteiger partial charge in [0.25, 0.3) is 0 Å². The maximum Gasteiger partial charge on any atom is 0.122 e. The number of hydrogen-bond acceptors (Lipinski definition) is 4. The van der Waals surface area contributed by atoms with Crippen LogP contribution in [0.4, 0.5) is 0 Å². The third kappa shape index (κ3) is 3.68. The number of aromatic nitrogens is 2. The zero-order chi connectivity index (χ0) is 16.4. The van der Waals surface area contributed by atoms with Gasteiger partial charge >= 0.3 is 0 Å². The van der Waals surface area contributed by atoms with Crippen LogP contribution < -0.4 is 0 Å². The molecule has 4 rings (SSSR count). The van der Waals surface area contributed by atoms with Gasteiger partial charge in [0, 0.05) is 39.1 Å². The standard InChI is InChI=1S/C19H32N4O/c1-21-12-8-20-18(21)15-23-9-3-5-19(16-23)6-10-22(11-7-19)14-17-4-2-13-24-17/h8,12,17H,2-7,9-11,13-16H2,1H3. The highest BCUT2D eigenvalue weighted by Crippen LogP contribution is 2.40. The van der Waals surface area contributed by atoms with E-state index in [0.29, 0.717) is 11.5 Å². The molecule has 1 atom stereocenters. The molecule has 134 valence electrons. The molecule has 3 fully saturated rings. The van der Waals surface area contributed by atoms with Crippen molar-refractivity contribution in [2.75, 3.05) is 39.3 Å². The van der Waals surface area contributed by atoms with E-state index in [1.54, 1.807) is 0 Å². The summed E-state index contributed by atoms with van der Waals surface area (Å²) in [5, 5.41) is 0. The van der Waals surface area contributed by atoms with Crippen molar-refractivity contribution in [3.8, 4) is 0 Å². The Morgan fingerprint density at radius 3 is 2.75 bits per heavy atom. The van der Waals surface area contributed by atoms with Crippen molar-refractivity contribution in [3.63, 3.8) is 0 Å². The Labute approximate surface area is 146 Å². The monoisotopic (exact) mass is 332 g/mol. The van der Waals surface area contributed by atoms with Crippen LogP contribution in [-0.2, 0) is 18.3 Å². The molecular weight excluding hydrogens is 300 g/mol. The minimum Gasteiger partial charge on any atom is -0.377 e. The molecule has 3 saturated heterocycles. The van der Waals surface area contributed by atoms with Gasteiger partial charge in [-0.2, -0.15) is 0 Å². The summed E-state index contributed by atoms with van der Waals surface area (Å²) in [5.41, 5.74) is 0.552. The maximum absolute atomic E-state index is 5.82. The van der Waals surface area contributed by atoms with Crippen LogP contribution in [0.15, 0.2) is 12.4 Å². The second-order valence-corrected chi connectivity index (χ2v) is 8.20. The van der Waals surface area contributed by atoms with E-state index in [-0.39, 0.29) is 0 Å².